The van der Waals surface area contributed by atoms with Crippen molar-refractivity contribution < 1.29 is 39.8 Å². The maximum atomic E-state index is 13.2. The summed E-state index contributed by atoms with van der Waals surface area (Å²) in [6.07, 6.45) is 102. The second-order valence-corrected chi connectivity index (χ2v) is 28.5. The highest BCUT2D eigenvalue weighted by Crippen LogP contribution is 2.24. The predicted molar refractivity (Wildman–Crippen MR) is 415 cm³/mol. The van der Waals surface area contributed by atoms with E-state index in [-0.39, 0.29) is 12.5 Å². The summed E-state index contributed by atoms with van der Waals surface area (Å²) in [6.45, 7) is 3.77. The summed E-state index contributed by atoms with van der Waals surface area (Å²) in [6, 6.07) is -0.725. The Bertz CT molecular complexity index is 1850. The number of aliphatic hydroxyl groups is 5. The van der Waals surface area contributed by atoms with Gasteiger partial charge in [-0.25, -0.2) is 0 Å². The van der Waals surface area contributed by atoms with Gasteiger partial charge in [-0.1, -0.05) is 406 Å². The van der Waals surface area contributed by atoms with Crippen molar-refractivity contribution >= 4 is 5.91 Å². The van der Waals surface area contributed by atoms with Gasteiger partial charge in [-0.15, -0.1) is 0 Å². The van der Waals surface area contributed by atoms with Crippen LogP contribution in [0.2, 0.25) is 0 Å². The summed E-state index contributed by atoms with van der Waals surface area (Å²) < 4.78 is 11.4. The molecule has 7 unspecified atom stereocenters. The van der Waals surface area contributed by atoms with Crippen LogP contribution in [0, 0.1) is 0 Å². The minimum absolute atomic E-state index is 0.138. The molecule has 0 aliphatic carbocycles. The minimum atomic E-state index is -1.56. The van der Waals surface area contributed by atoms with E-state index >= 15 is 0 Å². The summed E-state index contributed by atoms with van der Waals surface area (Å²) in [5.74, 6) is -0.140. The Labute approximate surface area is 594 Å². The number of allylic oxidation sites excluding steroid dienone is 16. The smallest absolute Gasteiger partial charge is 0.220 e. The molecule has 1 amide bonds. The Kier molecular flexibility index (Phi) is 71.0. The zero-order valence-electron chi connectivity index (χ0n) is 62.9. The van der Waals surface area contributed by atoms with E-state index in [1.54, 1.807) is 0 Å². The average molecular weight is 1350 g/mol. The lowest BCUT2D eigenvalue weighted by Gasteiger charge is -2.40. The highest BCUT2D eigenvalue weighted by Gasteiger charge is 2.44. The lowest BCUT2D eigenvalue weighted by atomic mass is 9.99. The molecule has 0 radical (unpaired) electrons. The molecule has 1 heterocycles. The Morgan fingerprint density at radius 1 is 0.365 bits per heavy atom. The fourth-order valence-corrected chi connectivity index (χ4v) is 13.1. The Morgan fingerprint density at radius 2 is 0.646 bits per heavy atom. The predicted octanol–water partition coefficient (Wildman–Crippen LogP) is 24.2. The van der Waals surface area contributed by atoms with Gasteiger partial charge in [-0.05, 0) is 77.0 Å². The third-order valence-corrected chi connectivity index (χ3v) is 19.5. The molecule has 0 aromatic carbocycles. The van der Waals surface area contributed by atoms with E-state index in [4.69, 9.17) is 9.47 Å². The van der Waals surface area contributed by atoms with Crippen LogP contribution in [0.4, 0.5) is 0 Å². The van der Waals surface area contributed by atoms with Crippen LogP contribution >= 0.6 is 0 Å². The van der Waals surface area contributed by atoms with Gasteiger partial charge in [0.25, 0.3) is 0 Å². The SMILES string of the molecule is CC/C=C\C/C=C\C/C=C\C/C=C\C/C=C\C/C=C\C/C=C\C/C=C\CCCCCCCCCCCCCCCCCCC(=O)NC(COC1OC(CO)C(O)C(O)C1O)C(O)CCCCCCCCCCCCCCCCCCCCCCCCCCCCCCCCCC. The number of unbranched alkanes of at least 4 members (excludes halogenated alkanes) is 47. The fraction of sp³-hybridized carbons (Fsp3) is 0.805. The Balaban J connectivity index is 2.06. The number of carbonyl (C=O) groups is 1. The van der Waals surface area contributed by atoms with E-state index in [0.717, 1.165) is 89.9 Å². The minimum Gasteiger partial charge on any atom is -0.394 e. The normalized spacial score (nSPS) is 17.9. The van der Waals surface area contributed by atoms with E-state index in [1.165, 1.54) is 276 Å². The van der Waals surface area contributed by atoms with Crippen molar-refractivity contribution in [2.75, 3.05) is 13.2 Å². The van der Waals surface area contributed by atoms with Crippen LogP contribution in [0.5, 0.6) is 0 Å². The molecule has 1 aliphatic rings. The lowest BCUT2D eigenvalue weighted by molar-refractivity contribution is -0.302. The van der Waals surface area contributed by atoms with E-state index < -0.39 is 49.5 Å². The van der Waals surface area contributed by atoms with Crippen molar-refractivity contribution in [2.24, 2.45) is 0 Å². The highest BCUT2D eigenvalue weighted by molar-refractivity contribution is 5.76. The second kappa shape index (κ2) is 74.8. The highest BCUT2D eigenvalue weighted by atomic mass is 16.7. The van der Waals surface area contributed by atoms with Crippen LogP contribution < -0.4 is 5.32 Å². The fourth-order valence-electron chi connectivity index (χ4n) is 13.1. The summed E-state index contributed by atoms with van der Waals surface area (Å²) >= 11 is 0. The molecule has 1 fully saturated rings. The third kappa shape index (κ3) is 62.1. The quantitative estimate of drug-likeness (QED) is 0.0261. The van der Waals surface area contributed by atoms with Crippen LogP contribution in [0.25, 0.3) is 0 Å². The number of ether oxygens (including phenoxy) is 2. The number of carbonyl (C=O) groups excluding carboxylic acids is 1. The molecule has 0 saturated carbocycles. The van der Waals surface area contributed by atoms with E-state index in [9.17, 15) is 30.3 Å². The summed E-state index contributed by atoms with van der Waals surface area (Å²) in [5, 5.41) is 55.1. The van der Waals surface area contributed by atoms with Crippen LogP contribution in [0.15, 0.2) is 97.2 Å². The molecule has 96 heavy (non-hydrogen) atoms. The first-order valence-corrected chi connectivity index (χ1v) is 41.4. The van der Waals surface area contributed by atoms with Gasteiger partial charge in [0, 0.05) is 6.42 Å². The number of aliphatic hydroxyl groups excluding tert-OH is 5. The van der Waals surface area contributed by atoms with Crippen molar-refractivity contribution in [3.63, 3.8) is 0 Å². The standard InChI is InChI=1S/C87H157NO8/c1-3-5-7-9-11-13-15-17-19-21-23-25-27-29-31-33-35-37-38-39-40-41-42-43-44-45-47-49-51-53-55-57-59-61-63-65-67-69-71-73-75-77-83(91)88-80(79-95-87-86(94)85(93)84(92)82(78-89)96-87)81(90)76-74-72-70-68-66-64-62-60-58-56-54-52-50-48-46-36-34-32-30-28-26-24-22-20-18-16-14-12-10-8-6-4-2/h5,7,11,13,17,19,23,25,29,31,35,37,39-40,42-43,80-82,84-87,89-90,92-94H,3-4,6,8-10,12,14-16,18,20-22,24,26-28,30,32-34,36,38,41,44-79H2,1-2H3,(H,88,91)/b7-5-,13-11-,19-17-,25-23-,31-29-,37-35-,40-39-,43-42-. The van der Waals surface area contributed by atoms with E-state index in [1.807, 2.05) is 0 Å². The Hall–Kier alpha value is -2.89. The van der Waals surface area contributed by atoms with Gasteiger partial charge in [-0.2, -0.15) is 0 Å². The third-order valence-electron chi connectivity index (χ3n) is 19.5. The largest absolute Gasteiger partial charge is 0.394 e. The molecule has 0 spiro atoms. The topological polar surface area (TPSA) is 149 Å². The van der Waals surface area contributed by atoms with Gasteiger partial charge in [0.05, 0.1) is 25.4 Å². The van der Waals surface area contributed by atoms with E-state index in [0.29, 0.717) is 12.8 Å². The molecule has 558 valence electrons. The zero-order chi connectivity index (χ0) is 69.2. The first kappa shape index (κ1) is 91.1. The van der Waals surface area contributed by atoms with Crippen molar-refractivity contribution in [2.45, 2.75) is 436 Å². The molecule has 0 aromatic heterocycles. The first-order chi connectivity index (χ1) is 47.3. The van der Waals surface area contributed by atoms with Gasteiger partial charge in [0.1, 0.15) is 24.4 Å². The van der Waals surface area contributed by atoms with Gasteiger partial charge >= 0.3 is 0 Å². The number of amides is 1. The van der Waals surface area contributed by atoms with Crippen molar-refractivity contribution in [1.29, 1.82) is 0 Å². The molecular weight excluding hydrogens is 1190 g/mol. The van der Waals surface area contributed by atoms with Crippen LogP contribution in [-0.2, 0) is 14.3 Å². The summed E-state index contributed by atoms with van der Waals surface area (Å²) in [7, 11) is 0. The van der Waals surface area contributed by atoms with Crippen LogP contribution in [-0.4, -0.2) is 87.5 Å². The lowest BCUT2D eigenvalue weighted by Crippen LogP contribution is -2.60. The molecule has 6 N–H and O–H groups in total. The Morgan fingerprint density at radius 3 is 0.958 bits per heavy atom. The molecule has 1 saturated heterocycles. The monoisotopic (exact) mass is 1340 g/mol. The maximum Gasteiger partial charge on any atom is 0.220 e. The molecule has 0 aromatic rings. The van der Waals surface area contributed by atoms with Crippen molar-refractivity contribution in [3.05, 3.63) is 97.2 Å². The van der Waals surface area contributed by atoms with Crippen LogP contribution in [0.3, 0.4) is 0 Å². The molecule has 7 atom stereocenters. The number of rotatable bonds is 73. The number of hydrogen-bond acceptors (Lipinski definition) is 8. The second-order valence-electron chi connectivity index (χ2n) is 28.5. The summed E-state index contributed by atoms with van der Waals surface area (Å²) in [5.41, 5.74) is 0. The van der Waals surface area contributed by atoms with Crippen molar-refractivity contribution in [1.82, 2.24) is 5.32 Å². The van der Waals surface area contributed by atoms with Crippen molar-refractivity contribution in [3.8, 4) is 0 Å². The van der Waals surface area contributed by atoms with Crippen LogP contribution in [0.1, 0.15) is 393 Å². The summed E-state index contributed by atoms with van der Waals surface area (Å²) in [4.78, 5) is 13.2. The average Bonchev–Trinajstić information content (AvgIpc) is 0.840. The molecule has 1 rings (SSSR count). The first-order valence-electron chi connectivity index (χ1n) is 41.4. The maximum absolute atomic E-state index is 13.2. The number of hydrogen-bond donors (Lipinski definition) is 6. The molecular formula is C87H157NO8. The van der Waals surface area contributed by atoms with Gasteiger partial charge in [0.2, 0.25) is 5.91 Å². The van der Waals surface area contributed by atoms with Gasteiger partial charge in [-0.3, -0.25) is 4.79 Å². The van der Waals surface area contributed by atoms with E-state index in [2.05, 4.69) is 116 Å². The zero-order valence-corrected chi connectivity index (χ0v) is 62.9. The molecule has 9 heteroatoms. The number of nitrogens with one attached hydrogen (secondary N) is 1. The van der Waals surface area contributed by atoms with Gasteiger partial charge < -0.3 is 40.3 Å². The molecule has 9 nitrogen and oxygen atoms in total. The molecule has 0 bridgehead atoms. The molecule has 1 aliphatic heterocycles. The van der Waals surface area contributed by atoms with Gasteiger partial charge in [0.15, 0.2) is 6.29 Å².